The molecule has 0 aromatic heterocycles. The number of hydrogen-bond acceptors (Lipinski definition) is 2. The molecule has 4 heteroatoms. The molecule has 1 aliphatic carbocycles. The van der Waals surface area contributed by atoms with Gasteiger partial charge in [-0.2, -0.15) is 0 Å². The van der Waals surface area contributed by atoms with E-state index in [1.54, 1.807) is 12.1 Å². The smallest absolute Gasteiger partial charge is 0.233 e. The quantitative estimate of drug-likeness (QED) is 0.825. The Labute approximate surface area is 113 Å². The molecule has 19 heavy (non-hydrogen) atoms. The van der Waals surface area contributed by atoms with Gasteiger partial charge in [-0.25, -0.2) is 4.39 Å². The Morgan fingerprint density at radius 1 is 1.32 bits per heavy atom. The molecule has 0 bridgehead atoms. The van der Waals surface area contributed by atoms with E-state index in [0.717, 1.165) is 5.56 Å². The lowest BCUT2D eigenvalue weighted by Gasteiger charge is -2.25. The van der Waals surface area contributed by atoms with Gasteiger partial charge < -0.3 is 10.6 Å². The van der Waals surface area contributed by atoms with E-state index in [0.29, 0.717) is 19.1 Å². The molecule has 1 saturated carbocycles. The Kier molecular flexibility index (Phi) is 4.20. The summed E-state index contributed by atoms with van der Waals surface area (Å²) in [7, 11) is 0. The molecule has 1 fully saturated rings. The second kappa shape index (κ2) is 5.70. The summed E-state index contributed by atoms with van der Waals surface area (Å²) in [4.78, 5) is 11.7. The molecule has 0 atom stereocenters. The molecule has 0 unspecified atom stereocenters. The number of halogens is 1. The van der Waals surface area contributed by atoms with Crippen molar-refractivity contribution in [1.29, 1.82) is 0 Å². The minimum Gasteiger partial charge on any atom is -0.354 e. The fraction of sp³-hybridized carbons (Fsp3) is 0.533. The maximum atomic E-state index is 12.9. The lowest BCUT2D eigenvalue weighted by atomic mass is 9.84. The standard InChI is InChI=1S/C15H21FN2O/c1-15(2,11-3-5-12(16)6-4-11)10-18-14(19)9-17-13-7-8-13/h3-6,13,17H,7-10H2,1-2H3,(H,18,19). The van der Waals surface area contributed by atoms with Crippen molar-refractivity contribution < 1.29 is 9.18 Å². The summed E-state index contributed by atoms with van der Waals surface area (Å²) in [5, 5.41) is 6.10. The number of hydrogen-bond donors (Lipinski definition) is 2. The molecule has 2 rings (SSSR count). The van der Waals surface area contributed by atoms with E-state index in [1.807, 2.05) is 13.8 Å². The molecule has 1 aromatic carbocycles. The van der Waals surface area contributed by atoms with Gasteiger partial charge in [0.2, 0.25) is 5.91 Å². The van der Waals surface area contributed by atoms with Crippen LogP contribution < -0.4 is 10.6 Å². The van der Waals surface area contributed by atoms with Crippen LogP contribution in [-0.4, -0.2) is 25.0 Å². The second-order valence-corrected chi connectivity index (χ2v) is 5.82. The normalized spacial score (nSPS) is 15.3. The summed E-state index contributed by atoms with van der Waals surface area (Å²) >= 11 is 0. The van der Waals surface area contributed by atoms with Crippen molar-refractivity contribution in [3.05, 3.63) is 35.6 Å². The van der Waals surface area contributed by atoms with Crippen LogP contribution >= 0.6 is 0 Å². The number of carbonyl (C=O) groups is 1. The zero-order chi connectivity index (χ0) is 13.9. The maximum Gasteiger partial charge on any atom is 0.233 e. The van der Waals surface area contributed by atoms with Crippen molar-refractivity contribution in [2.24, 2.45) is 0 Å². The number of carbonyl (C=O) groups excluding carboxylic acids is 1. The Morgan fingerprint density at radius 3 is 2.53 bits per heavy atom. The summed E-state index contributed by atoms with van der Waals surface area (Å²) in [6.07, 6.45) is 2.35. The third-order valence-electron chi connectivity index (χ3n) is 3.48. The van der Waals surface area contributed by atoms with Crippen LogP contribution in [0.4, 0.5) is 4.39 Å². The molecule has 0 saturated heterocycles. The van der Waals surface area contributed by atoms with Gasteiger partial charge in [-0.1, -0.05) is 26.0 Å². The summed E-state index contributed by atoms with van der Waals surface area (Å²) < 4.78 is 12.9. The molecule has 104 valence electrons. The molecule has 0 heterocycles. The molecule has 2 N–H and O–H groups in total. The van der Waals surface area contributed by atoms with Gasteiger partial charge in [-0.3, -0.25) is 4.79 Å². The Bertz CT molecular complexity index is 438. The van der Waals surface area contributed by atoms with Crippen molar-refractivity contribution in [3.8, 4) is 0 Å². The van der Waals surface area contributed by atoms with Gasteiger partial charge in [0.25, 0.3) is 0 Å². The zero-order valence-electron chi connectivity index (χ0n) is 11.5. The van der Waals surface area contributed by atoms with Crippen LogP contribution in [0.5, 0.6) is 0 Å². The highest BCUT2D eigenvalue weighted by Crippen LogP contribution is 2.22. The highest BCUT2D eigenvalue weighted by Gasteiger charge is 2.23. The minimum atomic E-state index is -0.239. The van der Waals surface area contributed by atoms with Crippen molar-refractivity contribution >= 4 is 5.91 Å². The van der Waals surface area contributed by atoms with Gasteiger partial charge in [-0.15, -0.1) is 0 Å². The SMILES string of the molecule is CC(C)(CNC(=O)CNC1CC1)c1ccc(F)cc1. The molecule has 0 spiro atoms. The highest BCUT2D eigenvalue weighted by molar-refractivity contribution is 5.78. The Morgan fingerprint density at radius 2 is 1.95 bits per heavy atom. The molecule has 1 aromatic rings. The second-order valence-electron chi connectivity index (χ2n) is 5.82. The van der Waals surface area contributed by atoms with E-state index >= 15 is 0 Å². The molecule has 0 radical (unpaired) electrons. The third kappa shape index (κ3) is 4.31. The van der Waals surface area contributed by atoms with Gasteiger partial charge >= 0.3 is 0 Å². The third-order valence-corrected chi connectivity index (χ3v) is 3.48. The topological polar surface area (TPSA) is 41.1 Å². The van der Waals surface area contributed by atoms with E-state index < -0.39 is 0 Å². The van der Waals surface area contributed by atoms with E-state index in [-0.39, 0.29) is 17.1 Å². The first-order valence-corrected chi connectivity index (χ1v) is 6.73. The fourth-order valence-electron chi connectivity index (χ4n) is 1.91. The molecule has 0 aliphatic heterocycles. The summed E-state index contributed by atoms with van der Waals surface area (Å²) in [6, 6.07) is 6.98. The summed E-state index contributed by atoms with van der Waals surface area (Å²) in [6.45, 7) is 5.00. The number of amides is 1. The monoisotopic (exact) mass is 264 g/mol. The predicted molar refractivity (Wildman–Crippen MR) is 73.5 cm³/mol. The van der Waals surface area contributed by atoms with Crippen molar-refractivity contribution in [1.82, 2.24) is 10.6 Å². The molecule has 3 nitrogen and oxygen atoms in total. The summed E-state index contributed by atoms with van der Waals surface area (Å²) in [5.74, 6) is -0.223. The van der Waals surface area contributed by atoms with Crippen LogP contribution in [0.2, 0.25) is 0 Å². The Hall–Kier alpha value is -1.42. The van der Waals surface area contributed by atoms with E-state index in [2.05, 4.69) is 10.6 Å². The van der Waals surface area contributed by atoms with E-state index in [1.165, 1.54) is 25.0 Å². The van der Waals surface area contributed by atoms with Gasteiger partial charge in [0.1, 0.15) is 5.82 Å². The fourth-order valence-corrected chi connectivity index (χ4v) is 1.91. The molecular formula is C15H21FN2O. The van der Waals surface area contributed by atoms with Crippen LogP contribution in [-0.2, 0) is 10.2 Å². The average Bonchev–Trinajstić information content (AvgIpc) is 3.18. The lowest BCUT2D eigenvalue weighted by molar-refractivity contribution is -0.120. The highest BCUT2D eigenvalue weighted by atomic mass is 19.1. The van der Waals surface area contributed by atoms with Crippen LogP contribution in [0.3, 0.4) is 0 Å². The molecule has 1 amide bonds. The van der Waals surface area contributed by atoms with E-state index in [9.17, 15) is 9.18 Å². The maximum absolute atomic E-state index is 12.9. The number of nitrogens with one attached hydrogen (secondary N) is 2. The van der Waals surface area contributed by atoms with Gasteiger partial charge in [-0.05, 0) is 30.5 Å². The van der Waals surface area contributed by atoms with Crippen LogP contribution in [0, 0.1) is 5.82 Å². The summed E-state index contributed by atoms with van der Waals surface area (Å²) in [5.41, 5.74) is 0.813. The predicted octanol–water partition coefficient (Wildman–Crippen LogP) is 1.97. The Balaban J connectivity index is 1.82. The van der Waals surface area contributed by atoms with Crippen LogP contribution in [0.1, 0.15) is 32.3 Å². The first-order valence-electron chi connectivity index (χ1n) is 6.73. The van der Waals surface area contributed by atoms with Crippen LogP contribution in [0.25, 0.3) is 0 Å². The first kappa shape index (κ1) is 14.0. The number of rotatable bonds is 6. The molecular weight excluding hydrogens is 243 g/mol. The van der Waals surface area contributed by atoms with Crippen molar-refractivity contribution in [2.45, 2.75) is 38.1 Å². The largest absolute Gasteiger partial charge is 0.354 e. The van der Waals surface area contributed by atoms with Crippen LogP contribution in [0.15, 0.2) is 24.3 Å². The van der Waals surface area contributed by atoms with Gasteiger partial charge in [0.05, 0.1) is 6.54 Å². The zero-order valence-corrected chi connectivity index (χ0v) is 11.5. The lowest BCUT2D eigenvalue weighted by Crippen LogP contribution is -2.41. The van der Waals surface area contributed by atoms with Crippen molar-refractivity contribution in [2.75, 3.05) is 13.1 Å². The minimum absolute atomic E-state index is 0.0158. The van der Waals surface area contributed by atoms with Gasteiger partial charge in [0, 0.05) is 18.0 Å². The average molecular weight is 264 g/mol. The molecule has 1 aliphatic rings. The van der Waals surface area contributed by atoms with Gasteiger partial charge in [0.15, 0.2) is 0 Å². The van der Waals surface area contributed by atoms with Crippen molar-refractivity contribution in [3.63, 3.8) is 0 Å². The van der Waals surface area contributed by atoms with E-state index in [4.69, 9.17) is 0 Å². The number of benzene rings is 1. The first-order chi connectivity index (χ1) is 8.97.